The van der Waals surface area contributed by atoms with Crippen LogP contribution in [0.25, 0.3) is 11.0 Å². The van der Waals surface area contributed by atoms with Crippen LogP contribution >= 0.6 is 11.6 Å². The monoisotopic (exact) mass is 281 g/mol. The van der Waals surface area contributed by atoms with Crippen molar-refractivity contribution in [3.05, 3.63) is 22.5 Å². The van der Waals surface area contributed by atoms with E-state index in [2.05, 4.69) is 10.1 Å². The molecule has 0 aliphatic rings. The fourth-order valence-electron chi connectivity index (χ4n) is 1.96. The van der Waals surface area contributed by atoms with Crippen molar-refractivity contribution in [2.45, 2.75) is 26.2 Å². The summed E-state index contributed by atoms with van der Waals surface area (Å²) < 4.78 is 6.38. The van der Waals surface area contributed by atoms with Gasteiger partial charge in [-0.1, -0.05) is 32.4 Å². The van der Waals surface area contributed by atoms with Crippen LogP contribution in [0, 0.1) is 0 Å². The fourth-order valence-corrected chi connectivity index (χ4v) is 2.26. The van der Waals surface area contributed by atoms with Gasteiger partial charge in [-0.15, -0.1) is 0 Å². The van der Waals surface area contributed by atoms with E-state index in [1.54, 1.807) is 11.7 Å². The van der Waals surface area contributed by atoms with E-state index in [1.165, 1.54) is 13.3 Å². The van der Waals surface area contributed by atoms with Crippen LogP contribution < -0.4 is 0 Å². The summed E-state index contributed by atoms with van der Waals surface area (Å²) in [5.41, 5.74) is 1.53. The van der Waals surface area contributed by atoms with Crippen LogP contribution in [-0.2, 0) is 17.2 Å². The largest absolute Gasteiger partial charge is 0.465 e. The van der Waals surface area contributed by atoms with Gasteiger partial charge in [0.05, 0.1) is 28.8 Å². The van der Waals surface area contributed by atoms with Gasteiger partial charge in [-0.2, -0.15) is 5.10 Å². The zero-order chi connectivity index (χ0) is 14.4. The molecule has 2 aromatic rings. The Morgan fingerprint density at radius 1 is 1.42 bits per heavy atom. The first-order valence-electron chi connectivity index (χ1n) is 5.87. The molecule has 102 valence electrons. The van der Waals surface area contributed by atoms with Crippen LogP contribution in [0.4, 0.5) is 0 Å². The molecule has 0 unspecified atom stereocenters. The molecule has 0 amide bonds. The molecular formula is C13H16ClN3O2. The molecule has 0 radical (unpaired) electrons. The molecule has 0 aliphatic carbocycles. The first-order chi connectivity index (χ1) is 8.77. The molecule has 0 N–H and O–H groups in total. The molecule has 19 heavy (non-hydrogen) atoms. The van der Waals surface area contributed by atoms with Crippen molar-refractivity contribution >= 4 is 28.6 Å². The van der Waals surface area contributed by atoms with Crippen LogP contribution in [0.15, 0.2) is 6.20 Å². The number of carbonyl (C=O) groups excluding carboxylic acids is 1. The first-order valence-corrected chi connectivity index (χ1v) is 6.25. The number of nitrogens with zero attached hydrogens (tertiary/aromatic N) is 3. The average Bonchev–Trinajstić information content (AvgIpc) is 2.67. The number of ether oxygens (including phenoxy) is 1. The van der Waals surface area contributed by atoms with Crippen molar-refractivity contribution in [2.75, 3.05) is 7.11 Å². The molecule has 2 aromatic heterocycles. The summed E-state index contributed by atoms with van der Waals surface area (Å²) in [6.07, 6.45) is 1.42. The molecule has 2 heterocycles. The maximum Gasteiger partial charge on any atom is 0.340 e. The standard InChI is InChI=1S/C13H16ClN3O2/c1-13(2,3)10-8-9(14)7(12(18)19-5)6-15-11(8)17(4)16-10/h6H,1-5H3. The van der Waals surface area contributed by atoms with Crippen LogP contribution in [0.1, 0.15) is 36.8 Å². The van der Waals surface area contributed by atoms with E-state index >= 15 is 0 Å². The summed E-state index contributed by atoms with van der Waals surface area (Å²) in [5.74, 6) is -0.497. The van der Waals surface area contributed by atoms with Crippen molar-refractivity contribution < 1.29 is 9.53 Å². The zero-order valence-corrected chi connectivity index (χ0v) is 12.4. The van der Waals surface area contributed by atoms with E-state index < -0.39 is 5.97 Å². The number of methoxy groups -OCH3 is 1. The number of aromatic nitrogens is 3. The van der Waals surface area contributed by atoms with Gasteiger partial charge in [-0.05, 0) is 0 Å². The maximum absolute atomic E-state index is 11.7. The van der Waals surface area contributed by atoms with Crippen LogP contribution in [0.3, 0.4) is 0 Å². The molecule has 0 saturated carbocycles. The summed E-state index contributed by atoms with van der Waals surface area (Å²) in [4.78, 5) is 15.9. The first kappa shape index (κ1) is 13.8. The number of fused-ring (bicyclic) bond motifs is 1. The fraction of sp³-hybridized carbons (Fsp3) is 0.462. The zero-order valence-electron chi connectivity index (χ0n) is 11.6. The van der Waals surface area contributed by atoms with E-state index in [-0.39, 0.29) is 11.0 Å². The Bertz CT molecular complexity index is 656. The minimum Gasteiger partial charge on any atom is -0.465 e. The quantitative estimate of drug-likeness (QED) is 0.754. The lowest BCUT2D eigenvalue weighted by molar-refractivity contribution is 0.0600. The highest BCUT2D eigenvalue weighted by Gasteiger charge is 2.26. The maximum atomic E-state index is 11.7. The smallest absolute Gasteiger partial charge is 0.340 e. The summed E-state index contributed by atoms with van der Waals surface area (Å²) >= 11 is 6.35. The summed E-state index contributed by atoms with van der Waals surface area (Å²) in [7, 11) is 3.12. The highest BCUT2D eigenvalue weighted by molar-refractivity contribution is 6.38. The number of aryl methyl sites for hydroxylation is 1. The van der Waals surface area contributed by atoms with Crippen molar-refractivity contribution in [1.29, 1.82) is 0 Å². The number of carbonyl (C=O) groups is 1. The van der Waals surface area contributed by atoms with Crippen molar-refractivity contribution in [2.24, 2.45) is 7.05 Å². The molecule has 0 bridgehead atoms. The Morgan fingerprint density at radius 2 is 2.05 bits per heavy atom. The normalized spacial score (nSPS) is 11.9. The number of rotatable bonds is 1. The van der Waals surface area contributed by atoms with Crippen molar-refractivity contribution in [3.63, 3.8) is 0 Å². The van der Waals surface area contributed by atoms with Gasteiger partial charge >= 0.3 is 5.97 Å². The highest BCUT2D eigenvalue weighted by Crippen LogP contribution is 2.34. The third-order valence-electron chi connectivity index (χ3n) is 2.90. The second-order valence-corrected chi connectivity index (χ2v) is 5.78. The highest BCUT2D eigenvalue weighted by atomic mass is 35.5. The summed E-state index contributed by atoms with van der Waals surface area (Å²) in [5, 5.41) is 5.52. The third kappa shape index (κ3) is 2.18. The molecule has 0 spiro atoms. The molecular weight excluding hydrogens is 266 g/mol. The topological polar surface area (TPSA) is 57.0 Å². The third-order valence-corrected chi connectivity index (χ3v) is 3.30. The lowest BCUT2D eigenvalue weighted by atomic mass is 9.90. The Balaban J connectivity index is 2.84. The predicted octanol–water partition coefficient (Wildman–Crippen LogP) is 2.71. The number of pyridine rings is 1. The molecule has 2 rings (SSSR count). The van der Waals surface area contributed by atoms with Gasteiger partial charge in [0.25, 0.3) is 0 Å². The molecule has 5 nitrogen and oxygen atoms in total. The Labute approximate surface area is 116 Å². The van der Waals surface area contributed by atoms with E-state index in [9.17, 15) is 4.79 Å². The van der Waals surface area contributed by atoms with E-state index in [0.29, 0.717) is 16.1 Å². The van der Waals surface area contributed by atoms with E-state index in [4.69, 9.17) is 16.3 Å². The van der Waals surface area contributed by atoms with Crippen LogP contribution in [0.5, 0.6) is 0 Å². The van der Waals surface area contributed by atoms with Gasteiger partial charge in [0.2, 0.25) is 0 Å². The van der Waals surface area contributed by atoms with Gasteiger partial charge < -0.3 is 4.74 Å². The Kier molecular flexibility index (Phi) is 3.26. The van der Waals surface area contributed by atoms with Crippen LogP contribution in [-0.4, -0.2) is 27.8 Å². The number of esters is 1. The van der Waals surface area contributed by atoms with Gasteiger partial charge in [0, 0.05) is 18.7 Å². The van der Waals surface area contributed by atoms with Gasteiger partial charge in [-0.25, -0.2) is 9.78 Å². The molecule has 0 atom stereocenters. The number of halogens is 1. The lowest BCUT2D eigenvalue weighted by Gasteiger charge is -2.16. The minimum atomic E-state index is -0.497. The second-order valence-electron chi connectivity index (χ2n) is 5.40. The molecule has 0 saturated heterocycles. The predicted molar refractivity (Wildman–Crippen MR) is 73.6 cm³/mol. The Hall–Kier alpha value is -1.62. The average molecular weight is 282 g/mol. The van der Waals surface area contributed by atoms with Crippen LogP contribution in [0.2, 0.25) is 5.02 Å². The van der Waals surface area contributed by atoms with E-state index in [0.717, 1.165) is 5.69 Å². The Morgan fingerprint density at radius 3 is 2.58 bits per heavy atom. The van der Waals surface area contributed by atoms with Gasteiger partial charge in [-0.3, -0.25) is 4.68 Å². The molecule has 0 aromatic carbocycles. The molecule has 0 aliphatic heterocycles. The van der Waals surface area contributed by atoms with E-state index in [1.807, 2.05) is 20.8 Å². The van der Waals surface area contributed by atoms with Crippen molar-refractivity contribution in [1.82, 2.24) is 14.8 Å². The van der Waals surface area contributed by atoms with Crippen molar-refractivity contribution in [3.8, 4) is 0 Å². The molecule has 6 heteroatoms. The molecule has 0 fully saturated rings. The minimum absolute atomic E-state index is 0.195. The summed E-state index contributed by atoms with van der Waals surface area (Å²) in [6.45, 7) is 6.11. The SMILES string of the molecule is COC(=O)c1cnc2c(c(C(C)(C)C)nn2C)c1Cl. The number of hydrogen-bond donors (Lipinski definition) is 0. The summed E-state index contributed by atoms with van der Waals surface area (Å²) in [6, 6.07) is 0. The lowest BCUT2D eigenvalue weighted by Crippen LogP contribution is -2.13. The number of hydrogen-bond acceptors (Lipinski definition) is 4. The van der Waals surface area contributed by atoms with Gasteiger partial charge in [0.15, 0.2) is 5.65 Å². The second kappa shape index (κ2) is 4.49. The van der Waals surface area contributed by atoms with Gasteiger partial charge in [0.1, 0.15) is 0 Å².